The van der Waals surface area contributed by atoms with E-state index in [4.69, 9.17) is 10.00 Å². The molecule has 0 aliphatic heterocycles. The molecule has 8 heteroatoms. The molecule has 0 aliphatic rings. The molecule has 0 bridgehead atoms. The minimum Gasteiger partial charge on any atom is -0.458 e. The molecule has 0 saturated heterocycles. The van der Waals surface area contributed by atoms with Crippen LogP contribution in [0, 0.1) is 18.3 Å². The van der Waals surface area contributed by atoms with Gasteiger partial charge in [-0.1, -0.05) is 23.8 Å². The quantitative estimate of drug-likeness (QED) is 0.535. The summed E-state index contributed by atoms with van der Waals surface area (Å²) in [6.45, 7) is 4.75. The van der Waals surface area contributed by atoms with E-state index in [2.05, 4.69) is 4.98 Å². The average molecular weight is 387 g/mol. The van der Waals surface area contributed by atoms with E-state index in [9.17, 15) is 13.2 Å². The van der Waals surface area contributed by atoms with Crippen LogP contribution in [-0.4, -0.2) is 36.3 Å². The van der Waals surface area contributed by atoms with Crippen LogP contribution < -0.4 is 0 Å². The zero-order valence-corrected chi connectivity index (χ0v) is 16.2. The fraction of sp³-hybridized carbons (Fsp3) is 0.316. The van der Waals surface area contributed by atoms with Crippen molar-refractivity contribution < 1.29 is 17.9 Å². The van der Waals surface area contributed by atoms with Gasteiger partial charge in [-0.25, -0.2) is 18.2 Å². The Morgan fingerprint density at radius 3 is 2.52 bits per heavy atom. The van der Waals surface area contributed by atoms with Crippen LogP contribution >= 0.6 is 0 Å². The first-order valence-electron chi connectivity index (χ1n) is 8.34. The predicted octanol–water partition coefficient (Wildman–Crippen LogP) is 2.67. The number of carbonyl (C=O) groups is 1. The van der Waals surface area contributed by atoms with Crippen molar-refractivity contribution in [1.29, 1.82) is 5.26 Å². The van der Waals surface area contributed by atoms with E-state index in [1.54, 1.807) is 38.1 Å². The molecule has 1 aromatic carbocycles. The summed E-state index contributed by atoms with van der Waals surface area (Å²) in [4.78, 5) is 16.4. The summed E-state index contributed by atoms with van der Waals surface area (Å²) in [6.07, 6.45) is 1.10. The standard InChI is InChI=1S/C19H21N3O4S/c1-14(2)26-19(23)18-16(5-4-11-21-18)13-22(12-10-20)27(24,25)17-8-6-15(3)7-9-17/h4-9,11,14H,12-13H2,1-3H3. The molecule has 0 atom stereocenters. The van der Waals surface area contributed by atoms with Crippen LogP contribution in [0.1, 0.15) is 35.5 Å². The van der Waals surface area contributed by atoms with Crippen molar-refractivity contribution in [2.75, 3.05) is 6.54 Å². The maximum Gasteiger partial charge on any atom is 0.357 e. The van der Waals surface area contributed by atoms with Crippen molar-refractivity contribution in [1.82, 2.24) is 9.29 Å². The summed E-state index contributed by atoms with van der Waals surface area (Å²) < 4.78 is 32.1. The van der Waals surface area contributed by atoms with Gasteiger partial charge in [-0.05, 0) is 39.0 Å². The maximum absolute atomic E-state index is 12.9. The zero-order valence-electron chi connectivity index (χ0n) is 15.4. The molecule has 0 amide bonds. The number of esters is 1. The molecular formula is C19H21N3O4S. The molecule has 0 unspecified atom stereocenters. The van der Waals surface area contributed by atoms with Crippen LogP contribution in [0.4, 0.5) is 0 Å². The van der Waals surface area contributed by atoms with Gasteiger partial charge in [0, 0.05) is 18.3 Å². The van der Waals surface area contributed by atoms with Crippen molar-refractivity contribution in [2.45, 2.75) is 38.3 Å². The van der Waals surface area contributed by atoms with Crippen molar-refractivity contribution in [3.63, 3.8) is 0 Å². The number of carbonyl (C=O) groups excluding carboxylic acids is 1. The highest BCUT2D eigenvalue weighted by molar-refractivity contribution is 7.89. The third-order valence-corrected chi connectivity index (χ3v) is 5.49. The molecule has 0 fully saturated rings. The van der Waals surface area contributed by atoms with E-state index in [1.807, 2.05) is 13.0 Å². The summed E-state index contributed by atoms with van der Waals surface area (Å²) in [5, 5.41) is 9.10. The number of ether oxygens (including phenoxy) is 1. The van der Waals surface area contributed by atoms with Gasteiger partial charge in [0.05, 0.1) is 17.1 Å². The third kappa shape index (κ3) is 5.12. The molecule has 0 spiro atoms. The lowest BCUT2D eigenvalue weighted by Crippen LogP contribution is -2.32. The Hall–Kier alpha value is -2.76. The summed E-state index contributed by atoms with van der Waals surface area (Å²) in [7, 11) is -3.91. The number of nitriles is 1. The number of hydrogen-bond donors (Lipinski definition) is 0. The molecular weight excluding hydrogens is 366 g/mol. The number of pyridine rings is 1. The highest BCUT2D eigenvalue weighted by atomic mass is 32.2. The largest absolute Gasteiger partial charge is 0.458 e. The molecule has 2 rings (SSSR count). The molecule has 1 heterocycles. The number of hydrogen-bond acceptors (Lipinski definition) is 6. The van der Waals surface area contributed by atoms with E-state index in [0.717, 1.165) is 9.87 Å². The average Bonchev–Trinajstić information content (AvgIpc) is 2.61. The minimum absolute atomic E-state index is 0.0354. The number of sulfonamides is 1. The zero-order chi connectivity index (χ0) is 20.0. The van der Waals surface area contributed by atoms with E-state index in [0.29, 0.717) is 5.56 Å². The van der Waals surface area contributed by atoms with Gasteiger partial charge in [0.1, 0.15) is 6.54 Å². The third-order valence-electron chi connectivity index (χ3n) is 3.68. The van der Waals surface area contributed by atoms with Crippen LogP contribution in [0.15, 0.2) is 47.5 Å². The number of rotatable bonds is 7. The highest BCUT2D eigenvalue weighted by Crippen LogP contribution is 2.20. The Bertz CT molecular complexity index is 948. The van der Waals surface area contributed by atoms with Gasteiger partial charge in [0.15, 0.2) is 5.69 Å². The molecule has 27 heavy (non-hydrogen) atoms. The SMILES string of the molecule is Cc1ccc(S(=O)(=O)N(CC#N)Cc2cccnc2C(=O)OC(C)C)cc1. The Balaban J connectivity index is 2.38. The first kappa shape index (κ1) is 20.6. The van der Waals surface area contributed by atoms with Crippen LogP contribution in [-0.2, 0) is 21.3 Å². The van der Waals surface area contributed by atoms with Gasteiger partial charge < -0.3 is 4.74 Å². The van der Waals surface area contributed by atoms with Gasteiger partial charge in [-0.3, -0.25) is 0 Å². The highest BCUT2D eigenvalue weighted by Gasteiger charge is 2.27. The molecule has 0 saturated carbocycles. The van der Waals surface area contributed by atoms with E-state index < -0.39 is 16.0 Å². The lowest BCUT2D eigenvalue weighted by atomic mass is 10.2. The van der Waals surface area contributed by atoms with Gasteiger partial charge in [-0.15, -0.1) is 0 Å². The second-order valence-electron chi connectivity index (χ2n) is 6.21. The second-order valence-corrected chi connectivity index (χ2v) is 8.15. The minimum atomic E-state index is -3.91. The van der Waals surface area contributed by atoms with Crippen molar-refractivity contribution in [3.05, 3.63) is 59.4 Å². The summed E-state index contributed by atoms with van der Waals surface area (Å²) in [6, 6.07) is 11.4. The van der Waals surface area contributed by atoms with E-state index in [-0.39, 0.29) is 29.8 Å². The second kappa shape index (κ2) is 8.75. The Morgan fingerprint density at radius 1 is 1.26 bits per heavy atom. The lowest BCUT2D eigenvalue weighted by Gasteiger charge is -2.20. The first-order chi connectivity index (χ1) is 12.8. The number of nitrogens with zero attached hydrogens (tertiary/aromatic N) is 3. The van der Waals surface area contributed by atoms with Gasteiger partial charge in [0.25, 0.3) is 0 Å². The van der Waals surface area contributed by atoms with Crippen LogP contribution in [0.3, 0.4) is 0 Å². The molecule has 0 aliphatic carbocycles. The van der Waals surface area contributed by atoms with Gasteiger partial charge in [-0.2, -0.15) is 9.57 Å². The maximum atomic E-state index is 12.9. The smallest absolute Gasteiger partial charge is 0.357 e. The topological polar surface area (TPSA) is 100 Å². The normalized spacial score (nSPS) is 11.4. The fourth-order valence-electron chi connectivity index (χ4n) is 2.37. The monoisotopic (exact) mass is 387 g/mol. The summed E-state index contributed by atoms with van der Waals surface area (Å²) >= 11 is 0. The van der Waals surface area contributed by atoms with Crippen LogP contribution in [0.5, 0.6) is 0 Å². The Kier molecular flexibility index (Phi) is 6.66. The van der Waals surface area contributed by atoms with Crippen LogP contribution in [0.25, 0.3) is 0 Å². The molecule has 7 nitrogen and oxygen atoms in total. The molecule has 142 valence electrons. The number of aromatic nitrogens is 1. The predicted molar refractivity (Wildman–Crippen MR) is 99.2 cm³/mol. The van der Waals surface area contributed by atoms with Gasteiger partial charge >= 0.3 is 5.97 Å². The van der Waals surface area contributed by atoms with Crippen molar-refractivity contribution in [3.8, 4) is 6.07 Å². The summed E-state index contributed by atoms with van der Waals surface area (Å²) in [5.74, 6) is -0.634. The molecule has 0 radical (unpaired) electrons. The van der Waals surface area contributed by atoms with Gasteiger partial charge in [0.2, 0.25) is 10.0 Å². The first-order valence-corrected chi connectivity index (χ1v) is 9.78. The number of aryl methyl sites for hydroxylation is 1. The summed E-state index contributed by atoms with van der Waals surface area (Å²) in [5.41, 5.74) is 1.33. The van der Waals surface area contributed by atoms with E-state index >= 15 is 0 Å². The lowest BCUT2D eigenvalue weighted by molar-refractivity contribution is 0.0368. The molecule has 0 N–H and O–H groups in total. The van der Waals surface area contributed by atoms with Crippen molar-refractivity contribution in [2.24, 2.45) is 0 Å². The molecule has 2 aromatic rings. The number of benzene rings is 1. The van der Waals surface area contributed by atoms with Crippen LogP contribution in [0.2, 0.25) is 0 Å². The Morgan fingerprint density at radius 2 is 1.93 bits per heavy atom. The fourth-order valence-corrected chi connectivity index (χ4v) is 3.69. The molecule has 1 aromatic heterocycles. The van der Waals surface area contributed by atoms with Crippen molar-refractivity contribution >= 4 is 16.0 Å². The Labute approximate surface area is 159 Å². The van der Waals surface area contributed by atoms with E-state index in [1.165, 1.54) is 18.3 Å².